The largest absolute Gasteiger partial charge is 0.504 e. The number of benzene rings is 3. The van der Waals surface area contributed by atoms with E-state index in [0.29, 0.717) is 21.6 Å². The molecular formula is C62H85N13O15S. The number of phenols is 1. The Hall–Kier alpha value is -7.45. The molecule has 91 heavy (non-hydrogen) atoms. The van der Waals surface area contributed by atoms with Crippen LogP contribution < -0.4 is 47.7 Å². The molecule has 4 saturated heterocycles. The van der Waals surface area contributed by atoms with E-state index in [-0.39, 0.29) is 55.3 Å². The molecule has 13 atom stereocenters. The van der Waals surface area contributed by atoms with Crippen LogP contribution in [0.5, 0.6) is 11.5 Å². The molecule has 3 aromatic carbocycles. The summed E-state index contributed by atoms with van der Waals surface area (Å²) >= 11 is 1.35. The summed E-state index contributed by atoms with van der Waals surface area (Å²) in [4.78, 5) is 108. The molecule has 5 fully saturated rings. The molecule has 5 heterocycles. The Labute approximate surface area is 530 Å². The Balaban J connectivity index is 0.955. The molecule has 0 spiro atoms. The number of β-amino-alcohol motifs (C(OH)–C–C–N with tert-alkyl or cyclic N) is 1. The third-order valence-corrected chi connectivity index (χ3v) is 18.8. The normalized spacial score (nSPS) is 27.3. The molecule has 7 amide bonds. The van der Waals surface area contributed by atoms with Gasteiger partial charge in [-0.1, -0.05) is 55.7 Å². The number of fused-ring (bicyclic) bond motifs is 2. The van der Waals surface area contributed by atoms with Crippen LogP contribution >= 0.6 is 11.3 Å². The van der Waals surface area contributed by atoms with E-state index < -0.39 is 152 Å². The molecule has 4 aliphatic heterocycles. The lowest BCUT2D eigenvalue weighted by molar-refractivity contribution is -0.147. The van der Waals surface area contributed by atoms with Crippen LogP contribution in [0.4, 0.5) is 5.69 Å². The maximum absolute atomic E-state index is 14.7. The van der Waals surface area contributed by atoms with Crippen molar-refractivity contribution in [2.75, 3.05) is 70.4 Å². The SMILES string of the molecule is C[C@@H](O)[C@@H]1NC(=O)[C@@H](NC(=O)c2ccc(-c3nnc(-c4ccc(N5CCN(C6CCCCC6)CC5)cc4)s3)cc2)C[C@@H](O)CNC(=O)[C@@H]2[C@@H](O)[C@@H](C)CN2C(=O)[C@H]([C@H](O)CCN)NC(=O)[C@H]([C@H](O)Cc2ccc(O)c(OCCN)c2)NC(=O)[C@@H]2C[C@@H](O)CN2C1=O. The number of amides is 7. The number of anilines is 1. The van der Waals surface area contributed by atoms with Crippen molar-refractivity contribution < 1.29 is 74.0 Å². The molecule has 5 aliphatic rings. The summed E-state index contributed by atoms with van der Waals surface area (Å²) in [6, 6.07) is 8.27. The standard InChI is InChI=1S/C62H85N13O15S/c1-33-31-75-52(53(33)82)58(87)65-30-41(77)28-43(66-54(83)36-9-11-37(12-10-36)59-70-71-60(91-59)38-13-15-40(16-14-38)73-23-21-72(22-24-73)39-6-4-3-5-7-39)55(84)67-49(34(2)76)61(88)74-32-42(78)29-44(74)56(85)68-50(57(86)69-51(62(75)89)46(80)18-19-63)47(81)26-35-8-17-45(79)48(27-35)90-25-20-64/h8-17,27,33-34,39,41-44,46-47,49-53,76-82H,3-7,18-26,28-32,63-64H2,1-2H3,(H,65,87)(H,66,83)(H,67,84)(H,68,85)(H,69,86)/t33-,34+,41+,42+,43-,44-,46+,47+,49-,50-,51-,52-,53-/m0/s1. The zero-order valence-electron chi connectivity index (χ0n) is 51.0. The first-order chi connectivity index (χ1) is 43.6. The Kier molecular flexibility index (Phi) is 23.0. The minimum absolute atomic E-state index is 0.00285. The van der Waals surface area contributed by atoms with E-state index in [1.165, 1.54) is 80.7 Å². The first-order valence-electron chi connectivity index (χ1n) is 31.2. The van der Waals surface area contributed by atoms with Gasteiger partial charge in [0.1, 0.15) is 52.9 Å². The van der Waals surface area contributed by atoms with Crippen molar-refractivity contribution >= 4 is 58.4 Å². The molecule has 0 radical (unpaired) electrons. The van der Waals surface area contributed by atoms with Gasteiger partial charge < -0.3 is 93.2 Å². The second-order valence-electron chi connectivity index (χ2n) is 24.4. The van der Waals surface area contributed by atoms with Gasteiger partial charge in [0.25, 0.3) is 5.91 Å². The van der Waals surface area contributed by atoms with Crippen molar-refractivity contribution in [3.8, 4) is 32.6 Å². The van der Waals surface area contributed by atoms with Crippen molar-refractivity contribution in [2.45, 2.75) is 151 Å². The number of aliphatic hydroxyl groups is 6. The number of carbonyl (C=O) groups is 7. The van der Waals surface area contributed by atoms with Crippen LogP contribution in [0, 0.1) is 5.92 Å². The first kappa shape index (κ1) is 67.9. The topological polar surface area (TPSA) is 421 Å². The van der Waals surface area contributed by atoms with Gasteiger partial charge >= 0.3 is 0 Å². The number of nitrogens with one attached hydrogen (secondary N) is 5. The van der Waals surface area contributed by atoms with Crippen LogP contribution in [0.3, 0.4) is 0 Å². The van der Waals surface area contributed by atoms with E-state index in [4.69, 9.17) is 16.2 Å². The number of hydrogen-bond donors (Lipinski definition) is 14. The molecule has 16 N–H and O–H groups in total. The monoisotopic (exact) mass is 1280 g/mol. The molecule has 0 unspecified atom stereocenters. The van der Waals surface area contributed by atoms with Gasteiger partial charge in [0, 0.05) is 106 Å². The Bertz CT molecular complexity index is 3180. The van der Waals surface area contributed by atoms with Gasteiger partial charge in [0.2, 0.25) is 35.4 Å². The van der Waals surface area contributed by atoms with E-state index in [2.05, 4.69) is 58.7 Å². The van der Waals surface area contributed by atoms with Crippen LogP contribution in [0.15, 0.2) is 66.7 Å². The number of aromatic nitrogens is 2. The fraction of sp³-hybridized carbons (Fsp3) is 0.565. The molecule has 1 saturated carbocycles. The number of piperazine rings is 1. The number of aliphatic hydroxyl groups excluding tert-OH is 6. The minimum atomic E-state index is -2.04. The highest BCUT2D eigenvalue weighted by atomic mass is 32.1. The molecule has 29 heteroatoms. The maximum atomic E-state index is 14.7. The average molecular weight is 1280 g/mol. The van der Waals surface area contributed by atoms with Gasteiger partial charge in [-0.3, -0.25) is 38.5 Å². The number of ether oxygens (including phenoxy) is 1. The smallest absolute Gasteiger partial charge is 0.251 e. The lowest BCUT2D eigenvalue weighted by Crippen LogP contribution is -2.64. The van der Waals surface area contributed by atoms with E-state index >= 15 is 0 Å². The predicted molar refractivity (Wildman–Crippen MR) is 333 cm³/mol. The van der Waals surface area contributed by atoms with Crippen molar-refractivity contribution in [2.24, 2.45) is 17.4 Å². The lowest BCUT2D eigenvalue weighted by Gasteiger charge is -2.41. The van der Waals surface area contributed by atoms with Crippen LogP contribution in [-0.2, 0) is 35.2 Å². The van der Waals surface area contributed by atoms with E-state index in [9.17, 15) is 69.3 Å². The lowest BCUT2D eigenvalue weighted by atomic mass is 9.94. The average Bonchev–Trinajstić information content (AvgIpc) is 1.84. The number of phenolic OH excluding ortho intramolecular Hbond substituents is 1. The summed E-state index contributed by atoms with van der Waals surface area (Å²) in [5.74, 6) is -8.60. The van der Waals surface area contributed by atoms with Crippen molar-refractivity contribution in [1.82, 2.24) is 51.5 Å². The molecule has 28 nitrogen and oxygen atoms in total. The molecule has 0 bridgehead atoms. The maximum Gasteiger partial charge on any atom is 0.251 e. The Morgan fingerprint density at radius 3 is 2.01 bits per heavy atom. The van der Waals surface area contributed by atoms with Crippen LogP contribution in [0.1, 0.15) is 81.1 Å². The molecular weight excluding hydrogens is 1200 g/mol. The summed E-state index contributed by atoms with van der Waals surface area (Å²) < 4.78 is 5.52. The number of nitrogens with zero attached hydrogens (tertiary/aromatic N) is 6. The fourth-order valence-corrected chi connectivity index (χ4v) is 13.5. The van der Waals surface area contributed by atoms with Gasteiger partial charge in [-0.05, 0) is 86.8 Å². The molecule has 4 aromatic rings. The number of nitrogens with two attached hydrogens (primary N) is 2. The number of carbonyl (C=O) groups excluding carboxylic acids is 7. The van der Waals surface area contributed by atoms with Crippen molar-refractivity contribution in [1.29, 1.82) is 0 Å². The van der Waals surface area contributed by atoms with Gasteiger partial charge in [-0.2, -0.15) is 0 Å². The summed E-state index contributed by atoms with van der Waals surface area (Å²) in [5.41, 5.74) is 14.4. The number of aromatic hydroxyl groups is 1. The highest BCUT2D eigenvalue weighted by Crippen LogP contribution is 2.34. The van der Waals surface area contributed by atoms with Crippen molar-refractivity contribution in [3.63, 3.8) is 0 Å². The van der Waals surface area contributed by atoms with Gasteiger partial charge in [0.05, 0.1) is 36.6 Å². The summed E-state index contributed by atoms with van der Waals surface area (Å²) in [6.07, 6.45) is -5.29. The number of rotatable bonds is 16. The molecule has 1 aromatic heterocycles. The predicted octanol–water partition coefficient (Wildman–Crippen LogP) is -2.33. The quantitative estimate of drug-likeness (QED) is 0.0559. The van der Waals surface area contributed by atoms with Crippen LogP contribution in [0.25, 0.3) is 21.1 Å². The second-order valence-corrected chi connectivity index (χ2v) is 25.3. The third kappa shape index (κ3) is 16.4. The molecule has 9 rings (SSSR count). The van der Waals surface area contributed by atoms with Crippen LogP contribution in [-0.4, -0.2) is 246 Å². The highest BCUT2D eigenvalue weighted by molar-refractivity contribution is 7.17. The van der Waals surface area contributed by atoms with E-state index in [0.717, 1.165) is 54.2 Å². The van der Waals surface area contributed by atoms with E-state index in [1.807, 2.05) is 12.1 Å². The van der Waals surface area contributed by atoms with Gasteiger partial charge in [0.15, 0.2) is 11.5 Å². The zero-order chi connectivity index (χ0) is 65.2. The Morgan fingerprint density at radius 1 is 0.725 bits per heavy atom. The molecule has 494 valence electrons. The fourth-order valence-electron chi connectivity index (χ4n) is 12.7. The molecule has 1 aliphatic carbocycles. The van der Waals surface area contributed by atoms with Gasteiger partial charge in [-0.15, -0.1) is 10.2 Å². The second kappa shape index (κ2) is 30.8. The summed E-state index contributed by atoms with van der Waals surface area (Å²) in [7, 11) is 0. The third-order valence-electron chi connectivity index (χ3n) is 17.8. The number of hydrogen-bond acceptors (Lipinski definition) is 22. The zero-order valence-corrected chi connectivity index (χ0v) is 51.8. The van der Waals surface area contributed by atoms with E-state index in [1.54, 1.807) is 12.1 Å². The van der Waals surface area contributed by atoms with Crippen molar-refractivity contribution in [3.05, 3.63) is 77.9 Å². The summed E-state index contributed by atoms with van der Waals surface area (Å²) in [6.45, 7) is 5.11. The highest BCUT2D eigenvalue weighted by Gasteiger charge is 2.50. The van der Waals surface area contributed by atoms with Gasteiger partial charge in [-0.25, -0.2) is 0 Å². The Morgan fingerprint density at radius 2 is 1.36 bits per heavy atom. The first-order valence-corrected chi connectivity index (χ1v) is 32.0. The van der Waals surface area contributed by atoms with Crippen LogP contribution in [0.2, 0.25) is 0 Å². The minimum Gasteiger partial charge on any atom is -0.504 e. The summed E-state index contributed by atoms with van der Waals surface area (Å²) in [5, 5.41) is 102.